The van der Waals surface area contributed by atoms with Crippen molar-refractivity contribution >= 4 is 0 Å². The summed E-state index contributed by atoms with van der Waals surface area (Å²) < 4.78 is 5.55. The zero-order chi connectivity index (χ0) is 11.7. The molecule has 3 atom stereocenters. The molecule has 3 heteroatoms. The Balaban J connectivity index is 1.61. The molecule has 17 heavy (non-hydrogen) atoms. The van der Waals surface area contributed by atoms with Crippen LogP contribution in [0.3, 0.4) is 0 Å². The van der Waals surface area contributed by atoms with Gasteiger partial charge >= 0.3 is 0 Å². The Labute approximate surface area is 105 Å². The van der Waals surface area contributed by atoms with Crippen molar-refractivity contribution in [2.24, 2.45) is 5.92 Å². The van der Waals surface area contributed by atoms with Crippen molar-refractivity contribution in [3.05, 3.63) is 0 Å². The molecule has 0 N–H and O–H groups in total. The number of nitrogens with zero attached hydrogens (tertiary/aromatic N) is 2. The minimum atomic E-state index is 0.720. The molecule has 3 rings (SSSR count). The second-order valence-electron chi connectivity index (χ2n) is 6.04. The lowest BCUT2D eigenvalue weighted by atomic mass is 9.98. The molecule has 0 saturated carbocycles. The first-order valence-electron chi connectivity index (χ1n) is 7.40. The molecule has 3 aliphatic heterocycles. The van der Waals surface area contributed by atoms with Gasteiger partial charge in [0.05, 0.1) is 6.61 Å². The van der Waals surface area contributed by atoms with Gasteiger partial charge < -0.3 is 4.74 Å². The van der Waals surface area contributed by atoms with Gasteiger partial charge in [-0.3, -0.25) is 9.80 Å². The standard InChI is InChI=1S/C14H26N2O/c1-12(13-5-9-17-11-13)16-8-3-7-15-6-2-4-14(15)10-16/h12-14H,2-11H2,1H3. The fourth-order valence-electron chi connectivity index (χ4n) is 3.84. The fourth-order valence-corrected chi connectivity index (χ4v) is 3.84. The third-order valence-corrected chi connectivity index (χ3v) is 5.06. The van der Waals surface area contributed by atoms with E-state index in [1.807, 2.05) is 0 Å². The summed E-state index contributed by atoms with van der Waals surface area (Å²) in [6.45, 7) is 9.67. The summed E-state index contributed by atoms with van der Waals surface area (Å²) in [5.41, 5.74) is 0. The van der Waals surface area contributed by atoms with E-state index in [1.165, 1.54) is 51.9 Å². The first-order chi connectivity index (χ1) is 8.34. The summed E-state index contributed by atoms with van der Waals surface area (Å²) in [5, 5.41) is 0. The van der Waals surface area contributed by atoms with E-state index in [2.05, 4.69) is 16.7 Å². The molecule has 0 aromatic rings. The third kappa shape index (κ3) is 2.51. The summed E-state index contributed by atoms with van der Waals surface area (Å²) in [6.07, 6.45) is 5.46. The first kappa shape index (κ1) is 11.9. The second-order valence-corrected chi connectivity index (χ2v) is 6.04. The minimum Gasteiger partial charge on any atom is -0.381 e. The van der Waals surface area contributed by atoms with Crippen LogP contribution in [0.1, 0.15) is 32.6 Å². The van der Waals surface area contributed by atoms with E-state index in [0.717, 1.165) is 31.2 Å². The molecule has 3 unspecified atom stereocenters. The van der Waals surface area contributed by atoms with Crippen LogP contribution in [-0.2, 0) is 4.74 Å². The van der Waals surface area contributed by atoms with Crippen molar-refractivity contribution in [3.8, 4) is 0 Å². The van der Waals surface area contributed by atoms with Crippen LogP contribution in [0, 0.1) is 5.92 Å². The van der Waals surface area contributed by atoms with E-state index in [9.17, 15) is 0 Å². The molecule has 3 fully saturated rings. The third-order valence-electron chi connectivity index (χ3n) is 5.06. The molecule has 3 nitrogen and oxygen atoms in total. The van der Waals surface area contributed by atoms with Crippen LogP contribution in [0.2, 0.25) is 0 Å². The highest BCUT2D eigenvalue weighted by molar-refractivity contribution is 4.88. The molecule has 0 aliphatic carbocycles. The number of hydrogen-bond donors (Lipinski definition) is 0. The predicted octanol–water partition coefficient (Wildman–Crippen LogP) is 1.58. The summed E-state index contributed by atoms with van der Waals surface area (Å²) >= 11 is 0. The van der Waals surface area contributed by atoms with Crippen LogP contribution in [0.15, 0.2) is 0 Å². The van der Waals surface area contributed by atoms with E-state index in [0.29, 0.717) is 0 Å². The summed E-state index contributed by atoms with van der Waals surface area (Å²) in [7, 11) is 0. The maximum atomic E-state index is 5.55. The van der Waals surface area contributed by atoms with E-state index < -0.39 is 0 Å². The van der Waals surface area contributed by atoms with E-state index in [-0.39, 0.29) is 0 Å². The maximum Gasteiger partial charge on any atom is 0.0509 e. The number of fused-ring (bicyclic) bond motifs is 1. The number of rotatable bonds is 2. The van der Waals surface area contributed by atoms with Crippen LogP contribution in [0.25, 0.3) is 0 Å². The van der Waals surface area contributed by atoms with Gasteiger partial charge in [0.2, 0.25) is 0 Å². The lowest BCUT2D eigenvalue weighted by Gasteiger charge is -2.33. The van der Waals surface area contributed by atoms with E-state index >= 15 is 0 Å². The second kappa shape index (κ2) is 5.25. The van der Waals surface area contributed by atoms with Gasteiger partial charge in [0.1, 0.15) is 0 Å². The molecule has 3 heterocycles. The Morgan fingerprint density at radius 1 is 1.12 bits per heavy atom. The molecule has 0 amide bonds. The topological polar surface area (TPSA) is 15.7 Å². The van der Waals surface area contributed by atoms with Gasteiger partial charge in [0.25, 0.3) is 0 Å². The predicted molar refractivity (Wildman–Crippen MR) is 69.2 cm³/mol. The van der Waals surface area contributed by atoms with Crippen LogP contribution in [0.4, 0.5) is 0 Å². The highest BCUT2D eigenvalue weighted by atomic mass is 16.5. The SMILES string of the molecule is CC(C1CCOC1)N1CCCN2CCCC2C1. The normalized spacial score (nSPS) is 37.9. The minimum absolute atomic E-state index is 0.720. The van der Waals surface area contributed by atoms with Gasteiger partial charge in [-0.15, -0.1) is 0 Å². The number of ether oxygens (including phenoxy) is 1. The smallest absolute Gasteiger partial charge is 0.0509 e. The lowest BCUT2D eigenvalue weighted by Crippen LogP contribution is -2.44. The highest BCUT2D eigenvalue weighted by Gasteiger charge is 2.33. The first-order valence-corrected chi connectivity index (χ1v) is 7.40. The Morgan fingerprint density at radius 2 is 2.00 bits per heavy atom. The van der Waals surface area contributed by atoms with E-state index in [1.54, 1.807) is 0 Å². The van der Waals surface area contributed by atoms with Crippen LogP contribution >= 0.6 is 0 Å². The van der Waals surface area contributed by atoms with Crippen molar-refractivity contribution < 1.29 is 4.74 Å². The van der Waals surface area contributed by atoms with Crippen molar-refractivity contribution in [2.75, 3.05) is 39.4 Å². The molecular weight excluding hydrogens is 212 g/mol. The molecular formula is C14H26N2O. The molecule has 98 valence electrons. The lowest BCUT2D eigenvalue weighted by molar-refractivity contribution is 0.119. The zero-order valence-corrected chi connectivity index (χ0v) is 11.1. The average Bonchev–Trinajstić information content (AvgIpc) is 2.96. The van der Waals surface area contributed by atoms with E-state index in [4.69, 9.17) is 4.74 Å². The number of hydrogen-bond acceptors (Lipinski definition) is 3. The highest BCUT2D eigenvalue weighted by Crippen LogP contribution is 2.26. The molecule has 0 bridgehead atoms. The summed E-state index contributed by atoms with van der Waals surface area (Å²) in [6, 6.07) is 1.57. The zero-order valence-electron chi connectivity index (χ0n) is 11.1. The van der Waals surface area contributed by atoms with Crippen LogP contribution in [0.5, 0.6) is 0 Å². The largest absolute Gasteiger partial charge is 0.381 e. The van der Waals surface area contributed by atoms with Crippen molar-refractivity contribution in [2.45, 2.75) is 44.7 Å². The van der Waals surface area contributed by atoms with Gasteiger partial charge in [-0.25, -0.2) is 0 Å². The molecule has 3 aliphatic rings. The van der Waals surface area contributed by atoms with Gasteiger partial charge in [-0.1, -0.05) is 0 Å². The quantitative estimate of drug-likeness (QED) is 0.726. The van der Waals surface area contributed by atoms with Crippen LogP contribution < -0.4 is 0 Å². The Morgan fingerprint density at radius 3 is 2.82 bits per heavy atom. The fraction of sp³-hybridized carbons (Fsp3) is 1.00. The van der Waals surface area contributed by atoms with Crippen molar-refractivity contribution in [3.63, 3.8) is 0 Å². The average molecular weight is 238 g/mol. The molecule has 0 spiro atoms. The Bertz CT molecular complexity index is 253. The van der Waals surface area contributed by atoms with Crippen molar-refractivity contribution in [1.82, 2.24) is 9.80 Å². The van der Waals surface area contributed by atoms with Gasteiger partial charge in [0, 0.05) is 25.2 Å². The van der Waals surface area contributed by atoms with Gasteiger partial charge in [-0.2, -0.15) is 0 Å². The van der Waals surface area contributed by atoms with Gasteiger partial charge in [0.15, 0.2) is 0 Å². The maximum absolute atomic E-state index is 5.55. The molecule has 0 radical (unpaired) electrons. The Kier molecular flexibility index (Phi) is 3.69. The summed E-state index contributed by atoms with van der Waals surface area (Å²) in [5.74, 6) is 0.781. The molecule has 0 aromatic carbocycles. The molecule has 0 aromatic heterocycles. The van der Waals surface area contributed by atoms with Crippen LogP contribution in [-0.4, -0.2) is 61.3 Å². The molecule has 3 saturated heterocycles. The van der Waals surface area contributed by atoms with Crippen molar-refractivity contribution in [1.29, 1.82) is 0 Å². The summed E-state index contributed by atoms with van der Waals surface area (Å²) in [4.78, 5) is 5.47. The Hall–Kier alpha value is -0.120. The van der Waals surface area contributed by atoms with Gasteiger partial charge in [-0.05, 0) is 58.2 Å². The monoisotopic (exact) mass is 238 g/mol.